The lowest BCUT2D eigenvalue weighted by atomic mass is 10.2. The van der Waals surface area contributed by atoms with Crippen molar-refractivity contribution in [3.8, 4) is 0 Å². The van der Waals surface area contributed by atoms with Crippen molar-refractivity contribution in [2.24, 2.45) is 0 Å². The monoisotopic (exact) mass is 247 g/mol. The summed E-state index contributed by atoms with van der Waals surface area (Å²) in [4.78, 5) is 15.4. The number of nitrogens with zero attached hydrogens (tertiary/aromatic N) is 2. The lowest BCUT2D eigenvalue weighted by molar-refractivity contribution is -0.120. The predicted octanol–water partition coefficient (Wildman–Crippen LogP) is 1.22. The number of likely N-dealkylation sites (N-methyl/N-ethyl adjacent to an activating group) is 1. The van der Waals surface area contributed by atoms with Crippen molar-refractivity contribution in [3.05, 3.63) is 35.9 Å². The molecule has 1 amide bonds. The Labute approximate surface area is 103 Å². The molecule has 0 spiro atoms. The minimum absolute atomic E-state index is 0.124. The van der Waals surface area contributed by atoms with Gasteiger partial charge in [-0.2, -0.15) is 4.98 Å². The fourth-order valence-corrected chi connectivity index (χ4v) is 2.01. The van der Waals surface area contributed by atoms with Crippen LogP contribution in [0.15, 0.2) is 27.3 Å². The lowest BCUT2D eigenvalue weighted by Gasteiger charge is -1.92. The van der Waals surface area contributed by atoms with Crippen molar-refractivity contribution < 1.29 is 13.7 Å². The highest BCUT2D eigenvalue weighted by Gasteiger charge is 2.45. The molecule has 1 aliphatic rings. The van der Waals surface area contributed by atoms with Crippen LogP contribution in [0, 0.1) is 0 Å². The van der Waals surface area contributed by atoms with Gasteiger partial charge in [-0.05, 0) is 18.6 Å². The summed E-state index contributed by atoms with van der Waals surface area (Å²) in [6.07, 6.45) is 2.77. The van der Waals surface area contributed by atoms with Crippen molar-refractivity contribution in [1.82, 2.24) is 15.5 Å². The molecule has 0 radical (unpaired) electrons. The Kier molecular flexibility index (Phi) is 2.62. The zero-order valence-electron chi connectivity index (χ0n) is 9.92. The molecule has 1 saturated carbocycles. The minimum Gasteiger partial charge on any atom is -0.469 e. The Morgan fingerprint density at radius 3 is 3.17 bits per heavy atom. The number of aromatic nitrogens is 2. The van der Waals surface area contributed by atoms with Gasteiger partial charge in [-0.3, -0.25) is 4.79 Å². The number of rotatable bonds is 4. The Bertz CT molecular complexity index is 547. The fraction of sp³-hybridized carbons (Fsp3) is 0.417. The highest BCUT2D eigenvalue weighted by atomic mass is 16.5. The van der Waals surface area contributed by atoms with E-state index in [9.17, 15) is 4.79 Å². The maximum Gasteiger partial charge on any atom is 0.230 e. The molecule has 1 aliphatic carbocycles. The molecule has 2 aromatic heterocycles. The molecule has 1 N–H and O–H groups in total. The second-order valence-electron chi connectivity index (χ2n) is 4.36. The van der Waals surface area contributed by atoms with Crippen molar-refractivity contribution in [2.45, 2.75) is 24.7 Å². The van der Waals surface area contributed by atoms with Gasteiger partial charge < -0.3 is 14.3 Å². The van der Waals surface area contributed by atoms with E-state index in [1.54, 1.807) is 13.3 Å². The highest BCUT2D eigenvalue weighted by molar-refractivity contribution is 5.77. The number of amides is 1. The zero-order valence-corrected chi connectivity index (χ0v) is 9.92. The highest BCUT2D eigenvalue weighted by Crippen LogP contribution is 2.54. The number of furan rings is 1. The molecular weight excluding hydrogens is 234 g/mol. The zero-order chi connectivity index (χ0) is 12.5. The first kappa shape index (κ1) is 11.0. The summed E-state index contributed by atoms with van der Waals surface area (Å²) in [7, 11) is 1.58. The molecule has 6 nitrogen and oxygen atoms in total. The van der Waals surface area contributed by atoms with Gasteiger partial charge in [-0.1, -0.05) is 5.16 Å². The molecule has 18 heavy (non-hydrogen) atoms. The first-order chi connectivity index (χ1) is 8.78. The third-order valence-corrected chi connectivity index (χ3v) is 3.10. The molecule has 2 aromatic rings. The van der Waals surface area contributed by atoms with Crippen LogP contribution in [-0.2, 0) is 11.2 Å². The summed E-state index contributed by atoms with van der Waals surface area (Å²) in [5.74, 6) is 2.40. The molecule has 1 fully saturated rings. The standard InChI is InChI=1S/C12H13N3O3/c1-13-11(16)6-10-14-12(18-15-10)8-5-7(8)9-3-2-4-17-9/h2-4,7-8H,5-6H2,1H3,(H,13,16)/t7-,8+/m1/s1. The Hall–Kier alpha value is -2.11. The summed E-state index contributed by atoms with van der Waals surface area (Å²) in [6, 6.07) is 3.82. The Morgan fingerprint density at radius 2 is 2.44 bits per heavy atom. The van der Waals surface area contributed by atoms with Crippen molar-refractivity contribution in [2.75, 3.05) is 7.05 Å². The van der Waals surface area contributed by atoms with Gasteiger partial charge in [0.05, 0.1) is 12.7 Å². The number of nitrogens with one attached hydrogen (secondary N) is 1. The molecule has 2 heterocycles. The van der Waals surface area contributed by atoms with Gasteiger partial charge in [0.25, 0.3) is 0 Å². The second kappa shape index (κ2) is 4.29. The normalized spacial score (nSPS) is 21.8. The topological polar surface area (TPSA) is 81.2 Å². The van der Waals surface area contributed by atoms with Crippen LogP contribution in [0.1, 0.15) is 35.7 Å². The maximum atomic E-state index is 11.2. The number of carbonyl (C=O) groups excluding carboxylic acids is 1. The molecule has 94 valence electrons. The Balaban J connectivity index is 1.67. The molecular formula is C12H13N3O3. The molecule has 2 atom stereocenters. The van der Waals surface area contributed by atoms with Crippen LogP contribution in [0.4, 0.5) is 0 Å². The van der Waals surface area contributed by atoms with E-state index in [4.69, 9.17) is 8.94 Å². The third-order valence-electron chi connectivity index (χ3n) is 3.10. The van der Waals surface area contributed by atoms with E-state index >= 15 is 0 Å². The van der Waals surface area contributed by atoms with Gasteiger partial charge in [-0.15, -0.1) is 0 Å². The van der Waals surface area contributed by atoms with Crippen LogP contribution < -0.4 is 5.32 Å². The third kappa shape index (κ3) is 2.01. The molecule has 0 aromatic carbocycles. The Morgan fingerprint density at radius 1 is 1.56 bits per heavy atom. The van der Waals surface area contributed by atoms with Crippen molar-refractivity contribution in [3.63, 3.8) is 0 Å². The van der Waals surface area contributed by atoms with Gasteiger partial charge in [-0.25, -0.2) is 0 Å². The first-order valence-corrected chi connectivity index (χ1v) is 5.84. The van der Waals surface area contributed by atoms with E-state index in [1.165, 1.54) is 0 Å². The van der Waals surface area contributed by atoms with E-state index < -0.39 is 0 Å². The van der Waals surface area contributed by atoms with E-state index in [0.29, 0.717) is 17.6 Å². The van der Waals surface area contributed by atoms with Crippen molar-refractivity contribution >= 4 is 5.91 Å². The van der Waals surface area contributed by atoms with Crippen LogP contribution in [0.2, 0.25) is 0 Å². The lowest BCUT2D eigenvalue weighted by Crippen LogP contribution is -2.20. The second-order valence-corrected chi connectivity index (χ2v) is 4.36. The largest absolute Gasteiger partial charge is 0.469 e. The fourth-order valence-electron chi connectivity index (χ4n) is 2.01. The summed E-state index contributed by atoms with van der Waals surface area (Å²) >= 11 is 0. The van der Waals surface area contributed by atoms with Gasteiger partial charge in [0.15, 0.2) is 5.82 Å². The van der Waals surface area contributed by atoms with Crippen LogP contribution >= 0.6 is 0 Å². The van der Waals surface area contributed by atoms with Crippen LogP contribution in [0.25, 0.3) is 0 Å². The van der Waals surface area contributed by atoms with Gasteiger partial charge in [0.1, 0.15) is 5.76 Å². The maximum absolute atomic E-state index is 11.2. The number of hydrogen-bond donors (Lipinski definition) is 1. The smallest absolute Gasteiger partial charge is 0.230 e. The van der Waals surface area contributed by atoms with Crippen LogP contribution in [0.3, 0.4) is 0 Å². The quantitative estimate of drug-likeness (QED) is 0.878. The summed E-state index contributed by atoms with van der Waals surface area (Å²) in [6.45, 7) is 0. The average Bonchev–Trinajstić information content (AvgIpc) is 2.83. The van der Waals surface area contributed by atoms with Gasteiger partial charge in [0, 0.05) is 18.9 Å². The molecule has 3 rings (SSSR count). The molecule has 6 heteroatoms. The first-order valence-electron chi connectivity index (χ1n) is 5.84. The SMILES string of the molecule is CNC(=O)Cc1noc([C@H]2C[C@H]2c2ccco2)n1. The van der Waals surface area contributed by atoms with Crippen LogP contribution in [0.5, 0.6) is 0 Å². The number of carbonyl (C=O) groups is 1. The van der Waals surface area contributed by atoms with Gasteiger partial charge >= 0.3 is 0 Å². The summed E-state index contributed by atoms with van der Waals surface area (Å²) < 4.78 is 10.5. The van der Waals surface area contributed by atoms with Gasteiger partial charge in [0.2, 0.25) is 11.8 Å². The van der Waals surface area contributed by atoms with E-state index in [2.05, 4.69) is 15.5 Å². The molecule has 0 bridgehead atoms. The van der Waals surface area contributed by atoms with Crippen molar-refractivity contribution in [1.29, 1.82) is 0 Å². The predicted molar refractivity (Wildman–Crippen MR) is 60.9 cm³/mol. The van der Waals surface area contributed by atoms with Crippen LogP contribution in [-0.4, -0.2) is 23.1 Å². The minimum atomic E-state index is -0.124. The number of hydrogen-bond acceptors (Lipinski definition) is 5. The van der Waals surface area contributed by atoms with E-state index in [-0.39, 0.29) is 18.2 Å². The molecule has 0 saturated heterocycles. The van der Waals surface area contributed by atoms with E-state index in [0.717, 1.165) is 12.2 Å². The average molecular weight is 247 g/mol. The van der Waals surface area contributed by atoms with E-state index in [1.807, 2.05) is 12.1 Å². The summed E-state index contributed by atoms with van der Waals surface area (Å²) in [5, 5.41) is 6.33. The summed E-state index contributed by atoms with van der Waals surface area (Å²) in [5.41, 5.74) is 0. The molecule has 0 aliphatic heterocycles. The molecule has 0 unspecified atom stereocenters.